The molecule has 0 radical (unpaired) electrons. The minimum atomic E-state index is -4.36. The summed E-state index contributed by atoms with van der Waals surface area (Å²) < 4.78 is 41.1. The van der Waals surface area contributed by atoms with E-state index in [4.69, 9.17) is 0 Å². The van der Waals surface area contributed by atoms with E-state index in [9.17, 15) is 13.2 Å². The number of nitrogens with one attached hydrogen (secondary N) is 1. The summed E-state index contributed by atoms with van der Waals surface area (Å²) >= 11 is 1.35. The highest BCUT2D eigenvalue weighted by Gasteiger charge is 2.33. The fraction of sp³-hybridized carbons (Fsp3) is 0.211. The van der Waals surface area contributed by atoms with Crippen molar-refractivity contribution in [1.82, 2.24) is 19.6 Å². The zero-order valence-electron chi connectivity index (χ0n) is 14.8. The molecule has 0 spiro atoms. The van der Waals surface area contributed by atoms with E-state index in [1.807, 2.05) is 19.1 Å². The first kappa shape index (κ1) is 18.4. The van der Waals surface area contributed by atoms with Gasteiger partial charge in [-0.15, -0.1) is 5.10 Å². The maximum Gasteiger partial charge on any atom is 0.416 e. The molecule has 5 nitrogen and oxygen atoms in total. The van der Waals surface area contributed by atoms with Gasteiger partial charge in [0.15, 0.2) is 0 Å². The predicted octanol–water partition coefficient (Wildman–Crippen LogP) is 4.91. The lowest BCUT2D eigenvalue weighted by atomic mass is 10.0. The van der Waals surface area contributed by atoms with Crippen LogP contribution >= 0.6 is 11.3 Å². The number of alkyl halides is 3. The number of halogens is 3. The molecule has 144 valence electrons. The Balaban J connectivity index is 1.49. The number of imidazole rings is 1. The molecule has 1 aromatic carbocycles. The lowest BCUT2D eigenvalue weighted by Crippen LogP contribution is -2.20. The lowest BCUT2D eigenvalue weighted by molar-refractivity contribution is -0.138. The Kier molecular flexibility index (Phi) is 4.76. The Morgan fingerprint density at radius 3 is 2.71 bits per heavy atom. The van der Waals surface area contributed by atoms with E-state index < -0.39 is 11.7 Å². The largest absolute Gasteiger partial charge is 0.416 e. The maximum atomic E-state index is 13.2. The van der Waals surface area contributed by atoms with E-state index in [0.29, 0.717) is 10.1 Å². The molecule has 3 aromatic heterocycles. The van der Waals surface area contributed by atoms with Gasteiger partial charge >= 0.3 is 6.18 Å². The molecule has 4 rings (SSSR count). The van der Waals surface area contributed by atoms with Gasteiger partial charge in [0, 0.05) is 24.0 Å². The van der Waals surface area contributed by atoms with Gasteiger partial charge in [0.1, 0.15) is 0 Å². The van der Waals surface area contributed by atoms with Gasteiger partial charge in [-0.05, 0) is 37.1 Å². The fourth-order valence-corrected chi connectivity index (χ4v) is 3.87. The molecule has 0 aliphatic heterocycles. The monoisotopic (exact) mass is 403 g/mol. The van der Waals surface area contributed by atoms with Crippen LogP contribution in [0.3, 0.4) is 0 Å². The number of pyridine rings is 1. The summed E-state index contributed by atoms with van der Waals surface area (Å²) in [6.45, 7) is 1.83. The molecule has 0 saturated carbocycles. The van der Waals surface area contributed by atoms with Gasteiger partial charge in [-0.3, -0.25) is 4.98 Å². The second kappa shape index (κ2) is 7.23. The summed E-state index contributed by atoms with van der Waals surface area (Å²) in [7, 11) is 0. The topological polar surface area (TPSA) is 55.1 Å². The molecule has 1 N–H and O–H groups in total. The number of fused-ring (bicyclic) bond motifs is 1. The number of anilines is 1. The molecule has 3 heterocycles. The maximum absolute atomic E-state index is 13.2. The summed E-state index contributed by atoms with van der Waals surface area (Å²) in [5.74, 6) is 0. The number of benzene rings is 1. The first-order chi connectivity index (χ1) is 13.4. The summed E-state index contributed by atoms with van der Waals surface area (Å²) in [6.07, 6.45) is 1.10. The average Bonchev–Trinajstić information content (AvgIpc) is 3.20. The van der Waals surface area contributed by atoms with Crippen molar-refractivity contribution in [3.8, 4) is 11.3 Å². The van der Waals surface area contributed by atoms with Gasteiger partial charge in [-0.2, -0.15) is 13.2 Å². The standard InChI is InChI=1S/C19H16F3N5S/c1-12(9-13-5-2-3-7-15(13)19(20,21)22)24-17-26-27-11-16(25-18(27)28-17)14-6-4-8-23-10-14/h2-8,10-12H,9H2,1H3,(H,24,26). The van der Waals surface area contributed by atoms with Gasteiger partial charge in [0.05, 0.1) is 17.5 Å². The van der Waals surface area contributed by atoms with Gasteiger partial charge in [-0.25, -0.2) is 9.50 Å². The molecule has 0 aliphatic carbocycles. The first-order valence-corrected chi connectivity index (χ1v) is 9.40. The third kappa shape index (κ3) is 3.84. The van der Waals surface area contributed by atoms with Crippen LogP contribution in [0.2, 0.25) is 0 Å². The minimum Gasteiger partial charge on any atom is -0.357 e. The predicted molar refractivity (Wildman–Crippen MR) is 102 cm³/mol. The molecule has 0 aliphatic rings. The number of hydrogen-bond donors (Lipinski definition) is 1. The van der Waals surface area contributed by atoms with Crippen LogP contribution in [-0.4, -0.2) is 25.6 Å². The second-order valence-corrected chi connectivity index (χ2v) is 7.36. The Labute approximate surface area is 162 Å². The van der Waals surface area contributed by atoms with Gasteiger partial charge in [0.2, 0.25) is 10.1 Å². The van der Waals surface area contributed by atoms with Crippen molar-refractivity contribution in [2.75, 3.05) is 5.32 Å². The van der Waals surface area contributed by atoms with Crippen LogP contribution in [0.1, 0.15) is 18.1 Å². The highest BCUT2D eigenvalue weighted by atomic mass is 32.1. The molecule has 1 unspecified atom stereocenters. The normalized spacial score (nSPS) is 13.0. The first-order valence-electron chi connectivity index (χ1n) is 8.58. The molecule has 1 atom stereocenters. The van der Waals surface area contributed by atoms with E-state index in [0.717, 1.165) is 17.3 Å². The molecule has 0 fully saturated rings. The van der Waals surface area contributed by atoms with Crippen molar-refractivity contribution in [3.05, 3.63) is 66.1 Å². The van der Waals surface area contributed by atoms with Crippen molar-refractivity contribution in [3.63, 3.8) is 0 Å². The zero-order chi connectivity index (χ0) is 19.7. The molecule has 9 heteroatoms. The van der Waals surface area contributed by atoms with Crippen LogP contribution in [0.25, 0.3) is 16.2 Å². The highest BCUT2D eigenvalue weighted by molar-refractivity contribution is 7.20. The number of rotatable bonds is 5. The smallest absolute Gasteiger partial charge is 0.357 e. The van der Waals surface area contributed by atoms with Crippen LogP contribution < -0.4 is 5.32 Å². The third-order valence-corrected chi connectivity index (χ3v) is 5.07. The average molecular weight is 403 g/mol. The summed E-state index contributed by atoms with van der Waals surface area (Å²) in [6, 6.07) is 9.17. The fourth-order valence-electron chi connectivity index (χ4n) is 2.98. The third-order valence-electron chi connectivity index (χ3n) is 4.22. The van der Waals surface area contributed by atoms with Crippen LogP contribution in [0.5, 0.6) is 0 Å². The minimum absolute atomic E-state index is 0.225. The highest BCUT2D eigenvalue weighted by Crippen LogP contribution is 2.32. The van der Waals surface area contributed by atoms with Crippen molar-refractivity contribution >= 4 is 21.4 Å². The van der Waals surface area contributed by atoms with Crippen molar-refractivity contribution in [1.29, 1.82) is 0 Å². The molecule has 28 heavy (non-hydrogen) atoms. The summed E-state index contributed by atoms with van der Waals surface area (Å²) in [5, 5.41) is 8.21. The molecule has 0 amide bonds. The van der Waals surface area contributed by atoms with Crippen LogP contribution in [0, 0.1) is 0 Å². The summed E-state index contributed by atoms with van der Waals surface area (Å²) in [5.41, 5.74) is 1.33. The zero-order valence-corrected chi connectivity index (χ0v) is 15.6. The van der Waals surface area contributed by atoms with Crippen molar-refractivity contribution in [2.24, 2.45) is 0 Å². The lowest BCUT2D eigenvalue weighted by Gasteiger charge is -2.17. The van der Waals surface area contributed by atoms with E-state index in [1.165, 1.54) is 23.5 Å². The van der Waals surface area contributed by atoms with E-state index in [-0.39, 0.29) is 18.0 Å². The van der Waals surface area contributed by atoms with Crippen LogP contribution in [-0.2, 0) is 12.6 Å². The van der Waals surface area contributed by atoms with E-state index in [2.05, 4.69) is 20.4 Å². The number of aromatic nitrogens is 4. The number of hydrogen-bond acceptors (Lipinski definition) is 5. The molecule has 0 bridgehead atoms. The van der Waals surface area contributed by atoms with E-state index in [1.54, 1.807) is 29.2 Å². The Hall–Kier alpha value is -2.94. The SMILES string of the molecule is CC(Cc1ccccc1C(F)(F)F)Nc1nn2cc(-c3cccnc3)nc2s1. The van der Waals surface area contributed by atoms with Crippen LogP contribution in [0.4, 0.5) is 18.3 Å². The van der Waals surface area contributed by atoms with Gasteiger partial charge in [0.25, 0.3) is 0 Å². The molecular weight excluding hydrogens is 387 g/mol. The Bertz CT molecular complexity index is 1060. The van der Waals surface area contributed by atoms with Gasteiger partial charge < -0.3 is 5.32 Å². The van der Waals surface area contributed by atoms with Crippen molar-refractivity contribution < 1.29 is 13.2 Å². The van der Waals surface area contributed by atoms with Gasteiger partial charge in [-0.1, -0.05) is 29.5 Å². The molecule has 0 saturated heterocycles. The van der Waals surface area contributed by atoms with Crippen LogP contribution in [0.15, 0.2) is 55.0 Å². The second-order valence-electron chi connectivity index (χ2n) is 6.41. The molecule has 4 aromatic rings. The van der Waals surface area contributed by atoms with Crippen molar-refractivity contribution in [2.45, 2.75) is 25.6 Å². The Morgan fingerprint density at radius 1 is 1.18 bits per heavy atom. The quantitative estimate of drug-likeness (QED) is 0.514. The summed E-state index contributed by atoms with van der Waals surface area (Å²) in [4.78, 5) is 9.31. The Morgan fingerprint density at radius 2 is 2.00 bits per heavy atom. The van der Waals surface area contributed by atoms with E-state index >= 15 is 0 Å². The molecular formula is C19H16F3N5S. The number of nitrogens with zero attached hydrogens (tertiary/aromatic N) is 4.